The van der Waals surface area contributed by atoms with E-state index in [2.05, 4.69) is 68.4 Å². The van der Waals surface area contributed by atoms with Crippen molar-refractivity contribution in [2.45, 2.75) is 20.0 Å². The van der Waals surface area contributed by atoms with Gasteiger partial charge in [-0.25, -0.2) is 0 Å². The molecule has 17 heavy (non-hydrogen) atoms. The predicted molar refractivity (Wildman–Crippen MR) is 81.4 cm³/mol. The van der Waals surface area contributed by atoms with E-state index in [0.29, 0.717) is 0 Å². The molecule has 0 aliphatic heterocycles. The molecule has 0 bridgehead atoms. The van der Waals surface area contributed by atoms with Gasteiger partial charge in [0.1, 0.15) is 0 Å². The molecule has 0 unspecified atom stereocenters. The van der Waals surface area contributed by atoms with Gasteiger partial charge in [0.2, 0.25) is 0 Å². The second-order valence-corrected chi connectivity index (χ2v) is 6.96. The van der Waals surface area contributed by atoms with Crippen molar-refractivity contribution in [1.82, 2.24) is 5.32 Å². The summed E-state index contributed by atoms with van der Waals surface area (Å²) in [5.41, 5.74) is 1.30. The van der Waals surface area contributed by atoms with E-state index in [1.165, 1.54) is 19.8 Å². The fourth-order valence-corrected chi connectivity index (χ4v) is 3.60. The normalized spacial score (nSPS) is 10.8. The Kier molecular flexibility index (Phi) is 4.79. The van der Waals surface area contributed by atoms with Crippen LogP contribution < -0.4 is 5.32 Å². The molecule has 0 saturated carbocycles. The van der Waals surface area contributed by atoms with Crippen molar-refractivity contribution >= 4 is 43.2 Å². The van der Waals surface area contributed by atoms with E-state index in [4.69, 9.17) is 0 Å². The summed E-state index contributed by atoms with van der Waals surface area (Å²) in [5.74, 6) is 0. The molecule has 1 aromatic carbocycles. The zero-order valence-corrected chi connectivity index (χ0v) is 13.5. The van der Waals surface area contributed by atoms with Crippen LogP contribution in [0.5, 0.6) is 0 Å². The third-order valence-electron chi connectivity index (χ3n) is 2.43. The molecule has 1 aromatic heterocycles. The molecule has 4 heteroatoms. The van der Waals surface area contributed by atoms with Crippen LogP contribution in [0.1, 0.15) is 15.3 Å². The summed E-state index contributed by atoms with van der Waals surface area (Å²) in [7, 11) is 0. The number of benzene rings is 1. The molecule has 0 atom stereocenters. The van der Waals surface area contributed by atoms with Gasteiger partial charge in [-0.3, -0.25) is 0 Å². The van der Waals surface area contributed by atoms with Crippen LogP contribution in [-0.4, -0.2) is 0 Å². The molecule has 90 valence electrons. The maximum Gasteiger partial charge on any atom is 0.0314 e. The molecule has 0 fully saturated rings. The molecule has 0 aliphatic rings. The largest absolute Gasteiger partial charge is 0.308 e. The van der Waals surface area contributed by atoms with Crippen LogP contribution in [0.2, 0.25) is 0 Å². The lowest BCUT2D eigenvalue weighted by Gasteiger charge is -2.03. The van der Waals surface area contributed by atoms with Crippen LogP contribution in [0.25, 0.3) is 0 Å². The predicted octanol–water partition coefficient (Wildman–Crippen LogP) is 4.87. The van der Waals surface area contributed by atoms with Gasteiger partial charge in [-0.15, -0.1) is 11.3 Å². The van der Waals surface area contributed by atoms with E-state index in [1.807, 2.05) is 17.4 Å². The second kappa shape index (κ2) is 6.14. The van der Waals surface area contributed by atoms with E-state index in [1.54, 1.807) is 0 Å². The van der Waals surface area contributed by atoms with Gasteiger partial charge < -0.3 is 5.32 Å². The van der Waals surface area contributed by atoms with E-state index in [0.717, 1.165) is 17.6 Å². The van der Waals surface area contributed by atoms with Crippen molar-refractivity contribution in [3.8, 4) is 0 Å². The molecule has 0 amide bonds. The maximum atomic E-state index is 3.54. The van der Waals surface area contributed by atoms with Gasteiger partial charge in [0, 0.05) is 31.8 Å². The van der Waals surface area contributed by atoms with E-state index >= 15 is 0 Å². The molecule has 2 aromatic rings. The molecular weight excluding hydrogens is 362 g/mol. The van der Waals surface area contributed by atoms with Crippen LogP contribution in [0.15, 0.2) is 39.3 Å². The van der Waals surface area contributed by atoms with Gasteiger partial charge in [-0.2, -0.15) is 0 Å². The molecular formula is C13H13Br2NS. The first-order chi connectivity index (χ1) is 8.15. The third kappa shape index (κ3) is 3.91. The van der Waals surface area contributed by atoms with Gasteiger partial charge in [0.25, 0.3) is 0 Å². The van der Waals surface area contributed by atoms with Crippen LogP contribution in [0, 0.1) is 6.92 Å². The lowest BCUT2D eigenvalue weighted by molar-refractivity contribution is 0.700. The van der Waals surface area contributed by atoms with E-state index < -0.39 is 0 Å². The Labute approximate surface area is 123 Å². The molecule has 1 heterocycles. The van der Waals surface area contributed by atoms with Gasteiger partial charge in [0.15, 0.2) is 0 Å². The van der Waals surface area contributed by atoms with Crippen molar-refractivity contribution in [3.05, 3.63) is 54.6 Å². The Hall–Kier alpha value is -0.160. The minimum absolute atomic E-state index is 0.897. The summed E-state index contributed by atoms with van der Waals surface area (Å²) >= 11 is 8.85. The molecule has 1 N–H and O–H groups in total. The van der Waals surface area contributed by atoms with Crippen LogP contribution in [0.4, 0.5) is 0 Å². The van der Waals surface area contributed by atoms with Crippen LogP contribution >= 0.6 is 43.2 Å². The van der Waals surface area contributed by atoms with Gasteiger partial charge in [-0.1, -0.05) is 28.1 Å². The highest BCUT2D eigenvalue weighted by Gasteiger charge is 2.02. The first-order valence-electron chi connectivity index (χ1n) is 5.35. The Morgan fingerprint density at radius 3 is 2.65 bits per heavy atom. The number of thiophene rings is 1. The van der Waals surface area contributed by atoms with Crippen molar-refractivity contribution < 1.29 is 0 Å². The van der Waals surface area contributed by atoms with Crippen LogP contribution in [-0.2, 0) is 13.1 Å². The summed E-state index contributed by atoms with van der Waals surface area (Å²) in [5, 5.41) is 3.45. The average Bonchev–Trinajstić information content (AvgIpc) is 2.58. The molecule has 0 radical (unpaired) electrons. The molecule has 0 spiro atoms. The Morgan fingerprint density at radius 1 is 1.18 bits per heavy atom. The first kappa shape index (κ1) is 13.3. The lowest BCUT2D eigenvalue weighted by Crippen LogP contribution is -2.11. The minimum atomic E-state index is 0.897. The highest BCUT2D eigenvalue weighted by atomic mass is 79.9. The summed E-state index contributed by atoms with van der Waals surface area (Å²) < 4.78 is 2.34. The first-order valence-corrected chi connectivity index (χ1v) is 7.75. The number of hydrogen-bond acceptors (Lipinski definition) is 2. The zero-order valence-electron chi connectivity index (χ0n) is 9.47. The Morgan fingerprint density at radius 2 is 2.00 bits per heavy atom. The second-order valence-electron chi connectivity index (χ2n) is 3.85. The van der Waals surface area contributed by atoms with Crippen molar-refractivity contribution in [1.29, 1.82) is 0 Å². The fraction of sp³-hybridized carbons (Fsp3) is 0.231. The Bertz CT molecular complexity index is 488. The SMILES string of the molecule is Cc1sc(CNCc2cccc(Br)c2)cc1Br. The lowest BCUT2D eigenvalue weighted by atomic mass is 10.2. The van der Waals surface area contributed by atoms with Gasteiger partial charge in [-0.05, 0) is 46.6 Å². The summed E-state index contributed by atoms with van der Waals surface area (Å²) in [6.45, 7) is 3.95. The maximum absolute atomic E-state index is 3.54. The van der Waals surface area contributed by atoms with Gasteiger partial charge in [0.05, 0.1) is 0 Å². The standard InChI is InChI=1S/C13H13Br2NS/c1-9-13(15)6-12(17-9)8-16-7-10-3-2-4-11(14)5-10/h2-6,16H,7-8H2,1H3. The topological polar surface area (TPSA) is 12.0 Å². The molecule has 2 rings (SSSR count). The number of nitrogens with one attached hydrogen (secondary N) is 1. The number of rotatable bonds is 4. The van der Waals surface area contributed by atoms with Crippen molar-refractivity contribution in [2.75, 3.05) is 0 Å². The van der Waals surface area contributed by atoms with E-state index in [9.17, 15) is 0 Å². The third-order valence-corrected chi connectivity index (χ3v) is 5.06. The summed E-state index contributed by atoms with van der Waals surface area (Å²) in [6, 6.07) is 10.6. The highest BCUT2D eigenvalue weighted by molar-refractivity contribution is 9.10. The van der Waals surface area contributed by atoms with Crippen LogP contribution in [0.3, 0.4) is 0 Å². The van der Waals surface area contributed by atoms with Crippen molar-refractivity contribution in [2.24, 2.45) is 0 Å². The highest BCUT2D eigenvalue weighted by Crippen LogP contribution is 2.26. The number of aryl methyl sites for hydroxylation is 1. The number of hydrogen-bond donors (Lipinski definition) is 1. The fourth-order valence-electron chi connectivity index (χ4n) is 1.58. The average molecular weight is 375 g/mol. The number of halogens is 2. The van der Waals surface area contributed by atoms with Gasteiger partial charge >= 0.3 is 0 Å². The summed E-state index contributed by atoms with van der Waals surface area (Å²) in [6.07, 6.45) is 0. The smallest absolute Gasteiger partial charge is 0.0314 e. The molecule has 0 saturated heterocycles. The summed E-state index contributed by atoms with van der Waals surface area (Å²) in [4.78, 5) is 2.70. The minimum Gasteiger partial charge on any atom is -0.308 e. The Balaban J connectivity index is 1.87. The molecule has 1 nitrogen and oxygen atoms in total. The quantitative estimate of drug-likeness (QED) is 0.804. The zero-order chi connectivity index (χ0) is 12.3. The van der Waals surface area contributed by atoms with E-state index in [-0.39, 0.29) is 0 Å². The van der Waals surface area contributed by atoms with Crippen molar-refractivity contribution in [3.63, 3.8) is 0 Å². The monoisotopic (exact) mass is 373 g/mol. The molecule has 0 aliphatic carbocycles.